The van der Waals surface area contributed by atoms with Crippen molar-refractivity contribution < 1.29 is 21.6 Å². The molecule has 9 heteroatoms. The highest BCUT2D eigenvalue weighted by molar-refractivity contribution is 7.91. The van der Waals surface area contributed by atoms with Gasteiger partial charge in [-0.05, 0) is 44.2 Å². The molecule has 0 spiro atoms. The van der Waals surface area contributed by atoms with Crippen LogP contribution < -0.4 is 0 Å². The zero-order valence-electron chi connectivity index (χ0n) is 16.8. The lowest BCUT2D eigenvalue weighted by Crippen LogP contribution is -2.40. The predicted octanol–water partition coefficient (Wildman–Crippen LogP) is 3.50. The molecule has 1 aliphatic carbocycles. The number of aryl methyl sites for hydroxylation is 2. The third kappa shape index (κ3) is 3.49. The van der Waals surface area contributed by atoms with Gasteiger partial charge in [-0.25, -0.2) is 25.9 Å². The molecule has 1 heterocycles. The maximum absolute atomic E-state index is 13.4. The molecule has 1 unspecified atom stereocenters. The van der Waals surface area contributed by atoms with E-state index in [1.807, 2.05) is 13.8 Å². The maximum atomic E-state index is 13.4. The van der Waals surface area contributed by atoms with Gasteiger partial charge < -0.3 is 0 Å². The van der Waals surface area contributed by atoms with Crippen LogP contribution in [0.25, 0.3) is 0 Å². The molecular weight excluding hydrogens is 436 g/mol. The molecule has 1 atom stereocenters. The third-order valence-corrected chi connectivity index (χ3v) is 8.56. The molecule has 1 aliphatic heterocycles. The van der Waals surface area contributed by atoms with Gasteiger partial charge in [-0.1, -0.05) is 59.7 Å². The van der Waals surface area contributed by atoms with Crippen LogP contribution in [0.1, 0.15) is 11.1 Å². The Balaban J connectivity index is 1.87. The van der Waals surface area contributed by atoms with Gasteiger partial charge in [-0.15, -0.1) is 0 Å². The van der Waals surface area contributed by atoms with Gasteiger partial charge >= 0.3 is 6.03 Å². The topological polar surface area (TPSA) is 91.8 Å². The van der Waals surface area contributed by atoms with E-state index in [-0.39, 0.29) is 15.5 Å². The molecule has 4 rings (SSSR count). The minimum atomic E-state index is -4.33. The number of hydrogen-bond acceptors (Lipinski definition) is 5. The average Bonchev–Trinajstić information content (AvgIpc) is 2.84. The van der Waals surface area contributed by atoms with Crippen molar-refractivity contribution >= 4 is 26.1 Å². The Bertz CT molecular complexity index is 1340. The lowest BCUT2D eigenvalue weighted by molar-refractivity contribution is 0.223. The quantitative estimate of drug-likeness (QED) is 0.702. The third-order valence-electron chi connectivity index (χ3n) is 5.07. The molecule has 160 valence electrons. The molecule has 2 aliphatic rings. The lowest BCUT2D eigenvalue weighted by atomic mass is 10.2. The molecule has 0 radical (unpaired) electrons. The normalized spacial score (nSPS) is 18.7. The first kappa shape index (κ1) is 21.1. The highest BCUT2D eigenvalue weighted by Gasteiger charge is 2.52. The van der Waals surface area contributed by atoms with E-state index in [0.29, 0.717) is 8.61 Å². The van der Waals surface area contributed by atoms with Crippen molar-refractivity contribution in [1.29, 1.82) is 0 Å². The minimum absolute atomic E-state index is 0.0475. The Hall–Kier alpha value is -3.17. The van der Waals surface area contributed by atoms with E-state index < -0.39 is 32.1 Å². The van der Waals surface area contributed by atoms with Gasteiger partial charge in [0.2, 0.25) is 0 Å². The van der Waals surface area contributed by atoms with Crippen LogP contribution >= 0.6 is 0 Å². The number of fused-ring (bicyclic) bond motifs is 1. The maximum Gasteiger partial charge on any atom is 0.353 e. The first-order valence-corrected chi connectivity index (χ1v) is 12.3. The number of rotatable bonds is 4. The summed E-state index contributed by atoms with van der Waals surface area (Å²) in [5, 5.41) is 0. The molecule has 0 N–H and O–H groups in total. The number of sulfonamides is 2. The van der Waals surface area contributed by atoms with Crippen LogP contribution in [0.5, 0.6) is 0 Å². The number of amides is 2. The smallest absolute Gasteiger partial charge is 0.246 e. The summed E-state index contributed by atoms with van der Waals surface area (Å²) in [4.78, 5) is 13.2. The average molecular weight is 457 g/mol. The fraction of sp³-hybridized carbons (Fsp3) is 0.136. The van der Waals surface area contributed by atoms with Crippen molar-refractivity contribution in [3.8, 4) is 0 Å². The lowest BCUT2D eigenvalue weighted by Gasteiger charge is -2.20. The van der Waals surface area contributed by atoms with Gasteiger partial charge in [-0.2, -0.15) is 4.31 Å². The second kappa shape index (κ2) is 7.51. The number of benzene rings is 2. The predicted molar refractivity (Wildman–Crippen MR) is 116 cm³/mol. The van der Waals surface area contributed by atoms with Gasteiger partial charge in [0.25, 0.3) is 20.0 Å². The van der Waals surface area contributed by atoms with Crippen molar-refractivity contribution in [2.45, 2.75) is 29.7 Å². The van der Waals surface area contributed by atoms with Gasteiger partial charge in [0.15, 0.2) is 0 Å². The zero-order chi connectivity index (χ0) is 22.4. The highest BCUT2D eigenvalue weighted by Crippen LogP contribution is 2.37. The number of carbonyl (C=O) groups excluding carboxylic acids is 1. The fourth-order valence-corrected chi connectivity index (χ4v) is 6.38. The summed E-state index contributed by atoms with van der Waals surface area (Å²) < 4.78 is 54.7. The molecule has 1 fully saturated rings. The van der Waals surface area contributed by atoms with Crippen LogP contribution in [0, 0.1) is 13.8 Å². The van der Waals surface area contributed by atoms with Gasteiger partial charge in [0.1, 0.15) is 6.04 Å². The van der Waals surface area contributed by atoms with Crippen LogP contribution in [-0.2, 0) is 20.0 Å². The molecule has 2 amide bonds. The Morgan fingerprint density at radius 2 is 1.23 bits per heavy atom. The summed E-state index contributed by atoms with van der Waals surface area (Å²) in [6, 6.07) is 9.84. The number of hydrogen-bond donors (Lipinski definition) is 0. The second-order valence-electron chi connectivity index (χ2n) is 7.29. The second-order valence-corrected chi connectivity index (χ2v) is 10.9. The molecule has 31 heavy (non-hydrogen) atoms. The SMILES string of the molecule is Cc1ccc(S(=O)(=O)N2C(=O)N(S(=O)(=O)c3ccc(C)cc3)C3C=CC=CC=C32)cc1. The number of carbonyl (C=O) groups is 1. The van der Waals surface area contributed by atoms with E-state index in [2.05, 4.69) is 0 Å². The van der Waals surface area contributed by atoms with E-state index in [9.17, 15) is 21.6 Å². The number of nitrogens with zero attached hydrogens (tertiary/aromatic N) is 2. The van der Waals surface area contributed by atoms with Crippen LogP contribution in [0.3, 0.4) is 0 Å². The van der Waals surface area contributed by atoms with E-state index in [0.717, 1.165) is 11.1 Å². The Labute approximate surface area is 181 Å². The van der Waals surface area contributed by atoms with Gasteiger partial charge in [0.05, 0.1) is 15.5 Å². The van der Waals surface area contributed by atoms with E-state index in [1.54, 1.807) is 42.5 Å². The summed E-state index contributed by atoms with van der Waals surface area (Å²) >= 11 is 0. The van der Waals surface area contributed by atoms with Crippen molar-refractivity contribution in [3.63, 3.8) is 0 Å². The number of allylic oxidation sites excluding steroid dienone is 4. The number of urea groups is 1. The fourth-order valence-electron chi connectivity index (χ4n) is 3.42. The van der Waals surface area contributed by atoms with E-state index in [1.165, 1.54) is 36.4 Å². The molecule has 0 saturated carbocycles. The Morgan fingerprint density at radius 3 is 1.77 bits per heavy atom. The van der Waals surface area contributed by atoms with Crippen LogP contribution in [0.4, 0.5) is 4.79 Å². The molecule has 2 aromatic rings. The van der Waals surface area contributed by atoms with Crippen molar-refractivity contribution in [3.05, 3.63) is 95.7 Å². The highest BCUT2D eigenvalue weighted by atomic mass is 32.2. The van der Waals surface area contributed by atoms with Crippen molar-refractivity contribution in [1.82, 2.24) is 8.61 Å². The molecule has 0 aromatic heterocycles. The molecular formula is C22H20N2O5S2. The summed E-state index contributed by atoms with van der Waals surface area (Å²) in [6.07, 6.45) is 7.73. The van der Waals surface area contributed by atoms with E-state index in [4.69, 9.17) is 0 Å². The standard InChI is InChI=1S/C22H20N2O5S2/c1-16-8-12-18(13-9-16)30(26,27)23-20-6-4-3-5-7-21(20)24(22(23)25)31(28,29)19-14-10-17(2)11-15-19/h3-15,20H,1-2H3. The largest absolute Gasteiger partial charge is 0.353 e. The van der Waals surface area contributed by atoms with Crippen LogP contribution in [0.15, 0.2) is 94.4 Å². The summed E-state index contributed by atoms with van der Waals surface area (Å²) in [7, 11) is -8.65. The zero-order valence-corrected chi connectivity index (χ0v) is 18.5. The molecule has 0 bridgehead atoms. The Morgan fingerprint density at radius 1 is 0.710 bits per heavy atom. The van der Waals surface area contributed by atoms with E-state index >= 15 is 0 Å². The van der Waals surface area contributed by atoms with Crippen molar-refractivity contribution in [2.24, 2.45) is 0 Å². The first-order chi connectivity index (χ1) is 14.6. The molecule has 1 saturated heterocycles. The minimum Gasteiger partial charge on any atom is -0.246 e. The van der Waals surface area contributed by atoms with Crippen LogP contribution in [-0.4, -0.2) is 37.5 Å². The van der Waals surface area contributed by atoms with Gasteiger partial charge in [-0.3, -0.25) is 0 Å². The van der Waals surface area contributed by atoms with Gasteiger partial charge in [0, 0.05) is 0 Å². The summed E-state index contributed by atoms with van der Waals surface area (Å²) in [6.45, 7) is 3.63. The summed E-state index contributed by atoms with van der Waals surface area (Å²) in [5.74, 6) is 0. The van der Waals surface area contributed by atoms with Crippen molar-refractivity contribution in [2.75, 3.05) is 0 Å². The molecule has 7 nitrogen and oxygen atoms in total. The monoisotopic (exact) mass is 456 g/mol. The Kier molecular flexibility index (Phi) is 5.10. The summed E-state index contributed by atoms with van der Waals surface area (Å²) in [5.41, 5.74) is 1.76. The van der Waals surface area contributed by atoms with Crippen LogP contribution in [0.2, 0.25) is 0 Å². The molecule has 2 aromatic carbocycles. The first-order valence-electron chi connectivity index (χ1n) is 9.46.